The molecule has 3 N–H and O–H groups in total. The van der Waals surface area contributed by atoms with Gasteiger partial charge >= 0.3 is 5.97 Å². The molecule has 390 valence electrons. The lowest BCUT2D eigenvalue weighted by Gasteiger charge is -2.13. The molecule has 6 aromatic carbocycles. The predicted octanol–water partition coefficient (Wildman–Crippen LogP) is 7.10. The average Bonchev–Trinajstić information content (AvgIpc) is 3.71. The molecule has 0 unspecified atom stereocenters. The highest BCUT2D eigenvalue weighted by atomic mass is 16.5. The van der Waals surface area contributed by atoms with Crippen molar-refractivity contribution >= 4 is 34.4 Å². The number of quaternary nitrogens is 2. The van der Waals surface area contributed by atoms with E-state index >= 15 is 0 Å². The zero-order valence-electron chi connectivity index (χ0n) is 44.6. The van der Waals surface area contributed by atoms with E-state index in [1.165, 1.54) is 32.1 Å². The number of ketones is 1. The number of rotatable bonds is 15. The summed E-state index contributed by atoms with van der Waals surface area (Å²) in [6, 6.07) is 42.3. The largest absolute Gasteiger partial charge is 0.550 e. The molecule has 0 aromatic heterocycles. The summed E-state index contributed by atoms with van der Waals surface area (Å²) in [4.78, 5) is 38.6. The quantitative estimate of drug-likeness (QED) is 0.0986. The van der Waals surface area contributed by atoms with Gasteiger partial charge in [0.25, 0.3) is 0 Å². The number of fused-ring (bicyclic) bond motifs is 6. The van der Waals surface area contributed by atoms with Crippen molar-refractivity contribution in [3.63, 3.8) is 0 Å². The third kappa shape index (κ3) is 15.5. The fourth-order valence-electron chi connectivity index (χ4n) is 9.46. The Morgan fingerprint density at radius 3 is 1.23 bits per heavy atom. The number of benzene rings is 6. The van der Waals surface area contributed by atoms with Gasteiger partial charge in [-0.3, -0.25) is 9.59 Å². The first-order valence-corrected chi connectivity index (χ1v) is 25.9. The molecular weight excluding hydrogens is 939 g/mol. The molecule has 3 aliphatic rings. The van der Waals surface area contributed by atoms with Crippen LogP contribution in [-0.4, -0.2) is 89.6 Å². The maximum atomic E-state index is 11.5. The molecule has 0 amide bonds. The van der Waals surface area contributed by atoms with Crippen LogP contribution in [0.1, 0.15) is 92.9 Å². The second-order valence-corrected chi connectivity index (χ2v) is 20.3. The van der Waals surface area contributed by atoms with Gasteiger partial charge in [0, 0.05) is 54.9 Å². The van der Waals surface area contributed by atoms with Crippen molar-refractivity contribution < 1.29 is 48.6 Å². The number of carbonyl (C=O) groups is 3. The summed E-state index contributed by atoms with van der Waals surface area (Å²) in [5.41, 5.74) is 16.1. The Morgan fingerprint density at radius 1 is 0.520 bits per heavy atom. The van der Waals surface area contributed by atoms with Crippen molar-refractivity contribution in [1.82, 2.24) is 4.90 Å². The molecular formula is C64H72N3O8+. The Hall–Kier alpha value is -7.57. The fraction of sp³-hybridized carbons (Fsp3) is 0.297. The highest BCUT2D eigenvalue weighted by molar-refractivity contribution is 5.88. The van der Waals surface area contributed by atoms with Gasteiger partial charge in [-0.15, -0.1) is 0 Å². The van der Waals surface area contributed by atoms with Crippen molar-refractivity contribution in [3.05, 3.63) is 212 Å². The Morgan fingerprint density at radius 2 is 0.880 bits per heavy atom. The van der Waals surface area contributed by atoms with Crippen molar-refractivity contribution in [3.8, 4) is 17.2 Å². The van der Waals surface area contributed by atoms with Gasteiger partial charge in [0.2, 0.25) is 0 Å². The van der Waals surface area contributed by atoms with E-state index < -0.39 is 11.9 Å². The van der Waals surface area contributed by atoms with E-state index in [1.54, 1.807) is 13.0 Å². The minimum atomic E-state index is -1.07. The van der Waals surface area contributed by atoms with Gasteiger partial charge in [0.15, 0.2) is 0 Å². The molecule has 0 fully saturated rings. The second-order valence-electron chi connectivity index (χ2n) is 20.3. The molecule has 11 nitrogen and oxygen atoms in total. The summed E-state index contributed by atoms with van der Waals surface area (Å²) < 4.78 is 18.0. The Bertz CT molecular complexity index is 2750. The monoisotopic (exact) mass is 1010 g/mol. The number of carboxylic acids is 2. The lowest BCUT2D eigenvalue weighted by molar-refractivity contribution is -0.857. The molecule has 0 atom stereocenters. The van der Waals surface area contributed by atoms with E-state index in [9.17, 15) is 19.5 Å². The number of carboxylic acid groups (broad SMARTS) is 2. The van der Waals surface area contributed by atoms with Crippen LogP contribution in [0, 0.1) is 0 Å². The van der Waals surface area contributed by atoms with Gasteiger partial charge in [0.05, 0.1) is 47.7 Å². The molecule has 0 aliphatic carbocycles. The number of Topliss-reactive ketones (excluding diaryl/α,β-unsaturated/α-hetero) is 1. The van der Waals surface area contributed by atoms with Crippen LogP contribution in [0.4, 0.5) is 0 Å². The zero-order valence-corrected chi connectivity index (χ0v) is 44.6. The number of nitrogens with zero attached hydrogens (tertiary/aromatic N) is 1. The van der Waals surface area contributed by atoms with Crippen molar-refractivity contribution in [1.29, 1.82) is 0 Å². The SMILES string of the molecule is CC(=O)Cc1ccc2c(c1)/C(=C\CCN(C)C)c1ccccc1CO2.C[NH+](C)CC/C=C1/c2ccccc2COc2ccc(CC(=O)O)cc21.C[NH+](C)CC/C=C1/c2ccccc2COc2ccc(CC(=O)[O-])cc21. The number of nitrogens with one attached hydrogen (secondary N) is 2. The van der Waals surface area contributed by atoms with Crippen LogP contribution in [0.2, 0.25) is 0 Å². The standard InChI is InChI=1S/C22H25NO2.2C21H23NO3/c1-16(24)13-17-10-11-22-21(14-17)20(9-6-12-23(2)3)19-8-5-4-7-18(19)15-25-22;2*1-22(2)11-5-8-18-17-7-4-3-6-16(17)14-25-20-10-9-15(12-19(18)20)13-21(23)24/h4-5,7-11,14H,6,12-13,15H2,1-3H3;2*3-4,6-10,12H,5,11,13-14H2,1-2H3,(H,23,24)/p+1/b20-9-;2*18-8-. The first-order chi connectivity index (χ1) is 36.1. The summed E-state index contributed by atoms with van der Waals surface area (Å²) in [7, 11) is 12.7. The van der Waals surface area contributed by atoms with Crippen molar-refractivity contribution in [2.24, 2.45) is 0 Å². The molecule has 0 bridgehead atoms. The number of aliphatic carboxylic acids is 2. The molecule has 11 heteroatoms. The highest BCUT2D eigenvalue weighted by Crippen LogP contribution is 2.40. The fourth-order valence-corrected chi connectivity index (χ4v) is 9.46. The molecule has 0 radical (unpaired) electrons. The highest BCUT2D eigenvalue weighted by Gasteiger charge is 2.23. The van der Waals surface area contributed by atoms with E-state index in [0.717, 1.165) is 117 Å². The summed E-state index contributed by atoms with van der Waals surface area (Å²) in [6.07, 6.45) is 10.0. The second kappa shape index (κ2) is 26.6. The molecule has 3 heterocycles. The molecule has 75 heavy (non-hydrogen) atoms. The van der Waals surface area contributed by atoms with E-state index in [4.69, 9.17) is 19.3 Å². The average molecular weight is 1010 g/mol. The van der Waals surface area contributed by atoms with E-state index in [1.807, 2.05) is 66.7 Å². The summed E-state index contributed by atoms with van der Waals surface area (Å²) in [5.74, 6) is 0.774. The van der Waals surface area contributed by atoms with Crippen LogP contribution in [0.3, 0.4) is 0 Å². The van der Waals surface area contributed by atoms with Gasteiger partial charge in [-0.2, -0.15) is 0 Å². The van der Waals surface area contributed by atoms with Crippen molar-refractivity contribution in [2.75, 3.05) is 61.9 Å². The predicted molar refractivity (Wildman–Crippen MR) is 295 cm³/mol. The van der Waals surface area contributed by atoms with E-state index in [2.05, 4.69) is 120 Å². The van der Waals surface area contributed by atoms with Crippen LogP contribution in [0.15, 0.2) is 146 Å². The third-order valence-electron chi connectivity index (χ3n) is 13.1. The molecule has 0 saturated heterocycles. The Balaban J connectivity index is 0.000000164. The van der Waals surface area contributed by atoms with Gasteiger partial charge in [-0.1, -0.05) is 109 Å². The van der Waals surface area contributed by atoms with Crippen LogP contribution in [0.25, 0.3) is 16.7 Å². The van der Waals surface area contributed by atoms with Crippen molar-refractivity contribution in [2.45, 2.75) is 65.3 Å². The maximum Gasteiger partial charge on any atom is 0.307 e. The normalized spacial score (nSPS) is 14.6. The molecule has 0 spiro atoms. The van der Waals surface area contributed by atoms with Crippen LogP contribution >= 0.6 is 0 Å². The van der Waals surface area contributed by atoms with E-state index in [-0.39, 0.29) is 18.6 Å². The smallest absolute Gasteiger partial charge is 0.307 e. The minimum absolute atomic E-state index is 0.0179. The molecule has 3 aliphatic heterocycles. The van der Waals surface area contributed by atoms with Crippen LogP contribution < -0.4 is 29.1 Å². The van der Waals surface area contributed by atoms with Crippen LogP contribution in [0.5, 0.6) is 17.2 Å². The van der Waals surface area contributed by atoms with E-state index in [0.29, 0.717) is 26.2 Å². The summed E-state index contributed by atoms with van der Waals surface area (Å²) >= 11 is 0. The number of carbonyl (C=O) groups excluding carboxylic acids is 2. The lowest BCUT2D eigenvalue weighted by Crippen LogP contribution is -3.05. The number of hydrogen-bond donors (Lipinski definition) is 3. The van der Waals surface area contributed by atoms with Gasteiger partial charge < -0.3 is 43.9 Å². The van der Waals surface area contributed by atoms with Crippen LogP contribution in [-0.2, 0) is 53.5 Å². The maximum absolute atomic E-state index is 11.5. The first kappa shape index (κ1) is 55.2. The summed E-state index contributed by atoms with van der Waals surface area (Å²) in [6.45, 7) is 6.30. The number of ether oxygens (including phenoxy) is 3. The summed E-state index contributed by atoms with van der Waals surface area (Å²) in [5, 5.41) is 20.1. The number of hydrogen-bond acceptors (Lipinski definition) is 8. The molecule has 6 aromatic rings. The Labute approximate surface area is 443 Å². The van der Waals surface area contributed by atoms with Gasteiger partial charge in [0.1, 0.15) is 42.9 Å². The Kier molecular flexibility index (Phi) is 19.6. The molecule has 9 rings (SSSR count). The van der Waals surface area contributed by atoms with Gasteiger partial charge in [-0.25, -0.2) is 0 Å². The zero-order chi connectivity index (χ0) is 53.4. The topological polar surface area (TPSA) is 134 Å². The van der Waals surface area contributed by atoms with Gasteiger partial charge in [-0.05, 0) is 131 Å². The first-order valence-electron chi connectivity index (χ1n) is 25.9. The third-order valence-corrected chi connectivity index (χ3v) is 13.1. The minimum Gasteiger partial charge on any atom is -0.550 e. The lowest BCUT2D eigenvalue weighted by atomic mass is 9.92. The molecule has 0 saturated carbocycles.